The maximum absolute atomic E-state index is 6.55. The second kappa shape index (κ2) is 5.77. The molecule has 0 aromatic heterocycles. The third kappa shape index (κ3) is 2.88. The third-order valence-corrected chi connectivity index (χ3v) is 3.92. The molecule has 0 spiro atoms. The Morgan fingerprint density at radius 3 is 2.33 bits per heavy atom. The highest BCUT2D eigenvalue weighted by Gasteiger charge is 2.13. The van der Waals surface area contributed by atoms with E-state index in [9.17, 15) is 0 Å². The summed E-state index contributed by atoms with van der Waals surface area (Å²) in [6, 6.07) is 14.3. The van der Waals surface area contributed by atoms with Gasteiger partial charge in [0.2, 0.25) is 0 Å². The number of hydrogen-bond acceptors (Lipinski definition) is 0. The Morgan fingerprint density at radius 1 is 1.06 bits per heavy atom. The van der Waals surface area contributed by atoms with Gasteiger partial charge in [0.15, 0.2) is 0 Å². The van der Waals surface area contributed by atoms with Crippen molar-refractivity contribution in [2.24, 2.45) is 0 Å². The van der Waals surface area contributed by atoms with Crippen LogP contribution in [0, 0.1) is 6.92 Å². The minimum atomic E-state index is -0.144. The van der Waals surface area contributed by atoms with Crippen LogP contribution in [-0.4, -0.2) is 0 Å². The quantitative estimate of drug-likeness (QED) is 0.647. The molecular formula is C16H16Cl2. The van der Waals surface area contributed by atoms with Gasteiger partial charge in [0.1, 0.15) is 0 Å². The van der Waals surface area contributed by atoms with Gasteiger partial charge in [-0.25, -0.2) is 0 Å². The minimum Gasteiger partial charge on any atom is -0.113 e. The molecule has 0 fully saturated rings. The van der Waals surface area contributed by atoms with E-state index in [1.807, 2.05) is 18.2 Å². The molecule has 2 heteroatoms. The van der Waals surface area contributed by atoms with Gasteiger partial charge < -0.3 is 0 Å². The first-order valence-electron chi connectivity index (χ1n) is 6.10. The van der Waals surface area contributed by atoms with Crippen LogP contribution in [0.25, 0.3) is 0 Å². The first-order valence-corrected chi connectivity index (χ1v) is 6.92. The molecule has 0 aliphatic heterocycles. The Hall–Kier alpha value is -0.980. The fourth-order valence-corrected chi connectivity index (χ4v) is 2.55. The van der Waals surface area contributed by atoms with Crippen molar-refractivity contribution in [1.29, 1.82) is 0 Å². The summed E-state index contributed by atoms with van der Waals surface area (Å²) in [5, 5.41) is 0.584. The standard InChI is InChI=1S/C16H16Cl2/c1-3-12-5-7-13(8-6-12)16(18)15-10-14(17)9-4-11(15)2/h4-10,16H,3H2,1-2H3. The number of rotatable bonds is 3. The monoisotopic (exact) mass is 278 g/mol. The lowest BCUT2D eigenvalue weighted by Crippen LogP contribution is -1.96. The van der Waals surface area contributed by atoms with E-state index in [0.717, 1.165) is 22.6 Å². The van der Waals surface area contributed by atoms with Crippen LogP contribution < -0.4 is 0 Å². The maximum atomic E-state index is 6.55. The van der Waals surface area contributed by atoms with Gasteiger partial charge >= 0.3 is 0 Å². The van der Waals surface area contributed by atoms with E-state index in [2.05, 4.69) is 38.1 Å². The average molecular weight is 279 g/mol. The number of hydrogen-bond donors (Lipinski definition) is 0. The highest BCUT2D eigenvalue weighted by molar-refractivity contribution is 6.31. The first kappa shape index (κ1) is 13.5. The molecule has 1 atom stereocenters. The van der Waals surface area contributed by atoms with E-state index in [0.29, 0.717) is 0 Å². The van der Waals surface area contributed by atoms with Crippen LogP contribution in [-0.2, 0) is 6.42 Å². The van der Waals surface area contributed by atoms with E-state index >= 15 is 0 Å². The highest BCUT2D eigenvalue weighted by atomic mass is 35.5. The Labute approximate surface area is 119 Å². The molecule has 94 valence electrons. The first-order chi connectivity index (χ1) is 8.61. The SMILES string of the molecule is CCc1ccc(C(Cl)c2cc(Cl)ccc2C)cc1. The van der Waals surface area contributed by atoms with Crippen molar-refractivity contribution in [3.63, 3.8) is 0 Å². The van der Waals surface area contributed by atoms with Crippen LogP contribution in [0.1, 0.15) is 34.6 Å². The largest absolute Gasteiger partial charge is 0.113 e. The van der Waals surface area contributed by atoms with Crippen molar-refractivity contribution in [3.05, 3.63) is 69.7 Å². The van der Waals surface area contributed by atoms with Gasteiger partial charge in [0.05, 0.1) is 5.38 Å². The molecule has 0 N–H and O–H groups in total. The molecule has 18 heavy (non-hydrogen) atoms. The van der Waals surface area contributed by atoms with Gasteiger partial charge in [0.25, 0.3) is 0 Å². The molecule has 1 unspecified atom stereocenters. The van der Waals surface area contributed by atoms with Crippen LogP contribution in [0.15, 0.2) is 42.5 Å². The van der Waals surface area contributed by atoms with Gasteiger partial charge in [0, 0.05) is 5.02 Å². The smallest absolute Gasteiger partial charge is 0.0838 e. The van der Waals surface area contributed by atoms with Crippen molar-refractivity contribution in [2.75, 3.05) is 0 Å². The van der Waals surface area contributed by atoms with Crippen LogP contribution in [0.5, 0.6) is 0 Å². The van der Waals surface area contributed by atoms with Crippen molar-refractivity contribution >= 4 is 23.2 Å². The zero-order chi connectivity index (χ0) is 13.1. The summed E-state index contributed by atoms with van der Waals surface area (Å²) in [7, 11) is 0. The van der Waals surface area contributed by atoms with Crippen LogP contribution in [0.2, 0.25) is 5.02 Å². The summed E-state index contributed by atoms with van der Waals surface area (Å²) in [6.07, 6.45) is 1.05. The Bertz CT molecular complexity index is 529. The molecule has 0 saturated heterocycles. The zero-order valence-electron chi connectivity index (χ0n) is 10.6. The minimum absolute atomic E-state index is 0.144. The van der Waals surface area contributed by atoms with Gasteiger partial charge in [-0.05, 0) is 47.7 Å². The molecule has 0 nitrogen and oxygen atoms in total. The van der Waals surface area contributed by atoms with E-state index in [-0.39, 0.29) is 5.38 Å². The summed E-state index contributed by atoms with van der Waals surface area (Å²) < 4.78 is 0. The van der Waals surface area contributed by atoms with Gasteiger partial charge in [-0.1, -0.05) is 48.9 Å². The molecule has 0 aliphatic rings. The lowest BCUT2D eigenvalue weighted by atomic mass is 9.99. The lowest BCUT2D eigenvalue weighted by Gasteiger charge is -2.14. The van der Waals surface area contributed by atoms with Crippen LogP contribution >= 0.6 is 23.2 Å². The van der Waals surface area contributed by atoms with Crippen molar-refractivity contribution in [1.82, 2.24) is 0 Å². The summed E-state index contributed by atoms with van der Waals surface area (Å²) in [4.78, 5) is 0. The average Bonchev–Trinajstić information content (AvgIpc) is 2.41. The third-order valence-electron chi connectivity index (χ3n) is 3.19. The molecule has 0 heterocycles. The van der Waals surface area contributed by atoms with E-state index in [1.54, 1.807) is 0 Å². The second-order valence-corrected chi connectivity index (χ2v) is 5.33. The summed E-state index contributed by atoms with van der Waals surface area (Å²) in [6.45, 7) is 4.20. The fourth-order valence-electron chi connectivity index (χ4n) is 1.99. The summed E-state index contributed by atoms with van der Waals surface area (Å²) in [5.41, 5.74) is 4.68. The zero-order valence-corrected chi connectivity index (χ0v) is 12.1. The van der Waals surface area contributed by atoms with E-state index in [1.165, 1.54) is 11.1 Å². The number of aryl methyl sites for hydroxylation is 2. The van der Waals surface area contributed by atoms with Crippen molar-refractivity contribution in [3.8, 4) is 0 Å². The van der Waals surface area contributed by atoms with Crippen LogP contribution in [0.3, 0.4) is 0 Å². The maximum Gasteiger partial charge on any atom is 0.0838 e. The molecule has 0 radical (unpaired) electrons. The highest BCUT2D eigenvalue weighted by Crippen LogP contribution is 2.32. The molecule has 0 saturated carbocycles. The predicted octanol–water partition coefficient (Wildman–Crippen LogP) is 5.54. The molecule has 0 amide bonds. The number of benzene rings is 2. The summed E-state index contributed by atoms with van der Waals surface area (Å²) >= 11 is 12.6. The molecular weight excluding hydrogens is 263 g/mol. The van der Waals surface area contributed by atoms with Crippen LogP contribution in [0.4, 0.5) is 0 Å². The molecule has 0 aliphatic carbocycles. The van der Waals surface area contributed by atoms with E-state index < -0.39 is 0 Å². The normalized spacial score (nSPS) is 12.4. The molecule has 2 aromatic carbocycles. The lowest BCUT2D eigenvalue weighted by molar-refractivity contribution is 1.09. The van der Waals surface area contributed by atoms with Gasteiger partial charge in [-0.15, -0.1) is 11.6 Å². The second-order valence-electron chi connectivity index (χ2n) is 4.46. The topological polar surface area (TPSA) is 0 Å². The predicted molar refractivity (Wildman–Crippen MR) is 79.7 cm³/mol. The number of alkyl halides is 1. The Kier molecular flexibility index (Phi) is 4.31. The Balaban J connectivity index is 2.34. The van der Waals surface area contributed by atoms with Gasteiger partial charge in [-0.3, -0.25) is 0 Å². The van der Waals surface area contributed by atoms with Gasteiger partial charge in [-0.2, -0.15) is 0 Å². The Morgan fingerprint density at radius 2 is 1.72 bits per heavy atom. The van der Waals surface area contributed by atoms with Crippen molar-refractivity contribution < 1.29 is 0 Å². The van der Waals surface area contributed by atoms with E-state index in [4.69, 9.17) is 23.2 Å². The van der Waals surface area contributed by atoms with Crippen molar-refractivity contribution in [2.45, 2.75) is 25.6 Å². The molecule has 0 bridgehead atoms. The summed E-state index contributed by atoms with van der Waals surface area (Å²) in [5.74, 6) is 0. The fraction of sp³-hybridized carbons (Fsp3) is 0.250. The molecule has 2 aromatic rings. The number of halogens is 2. The molecule has 2 rings (SSSR count).